The lowest BCUT2D eigenvalue weighted by molar-refractivity contribution is 0.0987. The largest absolute Gasteiger partial charge is 0.292 e. The first kappa shape index (κ1) is 12.4. The summed E-state index contributed by atoms with van der Waals surface area (Å²) in [4.78, 5) is 16.3. The Balaban J connectivity index is 2.19. The Morgan fingerprint density at radius 2 is 1.94 bits per heavy atom. The average Bonchev–Trinajstić information content (AvgIpc) is 2.41. The molecule has 0 N–H and O–H groups in total. The predicted octanol–water partition coefficient (Wildman–Crippen LogP) is 3.21. The number of aryl methyl sites for hydroxylation is 1. The van der Waals surface area contributed by atoms with Crippen LogP contribution in [0.5, 0.6) is 0 Å². The van der Waals surface area contributed by atoms with Crippen molar-refractivity contribution in [1.29, 1.82) is 0 Å². The van der Waals surface area contributed by atoms with E-state index in [1.165, 1.54) is 12.1 Å². The number of ketones is 1. The Bertz CT molecular complexity index is 549. The number of pyridine rings is 1. The number of nitrogens with zero attached hydrogens (tertiary/aromatic N) is 1. The summed E-state index contributed by atoms with van der Waals surface area (Å²) in [6, 6.07) is 9.71. The summed E-state index contributed by atoms with van der Waals surface area (Å²) in [7, 11) is 0. The third-order valence-electron chi connectivity index (χ3n) is 2.81. The van der Waals surface area contributed by atoms with Crippen LogP contribution >= 0.6 is 0 Å². The normalized spacial score (nSPS) is 10.3. The zero-order valence-corrected chi connectivity index (χ0v) is 10.2. The van der Waals surface area contributed by atoms with E-state index in [-0.39, 0.29) is 18.0 Å². The average molecular weight is 243 g/mol. The van der Waals surface area contributed by atoms with Crippen molar-refractivity contribution >= 4 is 5.78 Å². The third kappa shape index (κ3) is 2.80. The Morgan fingerprint density at radius 1 is 1.22 bits per heavy atom. The number of aromatic nitrogens is 1. The van der Waals surface area contributed by atoms with Gasteiger partial charge in [0, 0.05) is 12.6 Å². The fourth-order valence-corrected chi connectivity index (χ4v) is 1.85. The number of Topliss-reactive ketones (excluding diaryl/α,β-unsaturated/α-hetero) is 1. The van der Waals surface area contributed by atoms with Crippen LogP contribution < -0.4 is 0 Å². The summed E-state index contributed by atoms with van der Waals surface area (Å²) < 4.78 is 12.8. The summed E-state index contributed by atoms with van der Waals surface area (Å²) in [5.41, 5.74) is 2.27. The highest BCUT2D eigenvalue weighted by Gasteiger charge is 2.12. The van der Waals surface area contributed by atoms with E-state index in [1.54, 1.807) is 18.3 Å². The third-order valence-corrected chi connectivity index (χ3v) is 2.81. The van der Waals surface area contributed by atoms with Gasteiger partial charge >= 0.3 is 0 Å². The molecule has 0 amide bonds. The number of benzene rings is 1. The molecule has 0 spiro atoms. The maximum atomic E-state index is 12.8. The van der Waals surface area contributed by atoms with Crippen LogP contribution in [-0.2, 0) is 12.8 Å². The number of hydrogen-bond donors (Lipinski definition) is 0. The van der Waals surface area contributed by atoms with Crippen LogP contribution in [0, 0.1) is 5.82 Å². The first-order valence-corrected chi connectivity index (χ1v) is 5.92. The highest BCUT2D eigenvalue weighted by atomic mass is 19.1. The predicted molar refractivity (Wildman–Crippen MR) is 68.0 cm³/mol. The Kier molecular flexibility index (Phi) is 3.82. The van der Waals surface area contributed by atoms with E-state index in [9.17, 15) is 9.18 Å². The van der Waals surface area contributed by atoms with Crippen molar-refractivity contribution in [3.05, 3.63) is 65.2 Å². The van der Waals surface area contributed by atoms with Crippen molar-refractivity contribution in [2.24, 2.45) is 0 Å². The molecule has 2 aromatic rings. The lowest BCUT2D eigenvalue weighted by atomic mass is 10.0. The molecule has 0 saturated heterocycles. The van der Waals surface area contributed by atoms with Gasteiger partial charge in [0.05, 0.1) is 0 Å². The maximum Gasteiger partial charge on any atom is 0.185 e. The second-order valence-corrected chi connectivity index (χ2v) is 4.09. The molecule has 3 heteroatoms. The molecule has 0 radical (unpaired) electrons. The monoisotopic (exact) mass is 243 g/mol. The topological polar surface area (TPSA) is 30.0 Å². The Labute approximate surface area is 105 Å². The van der Waals surface area contributed by atoms with Crippen LogP contribution in [0.2, 0.25) is 0 Å². The van der Waals surface area contributed by atoms with E-state index in [1.807, 2.05) is 19.1 Å². The van der Waals surface area contributed by atoms with Gasteiger partial charge in [-0.3, -0.25) is 9.78 Å². The molecule has 0 aliphatic rings. The van der Waals surface area contributed by atoms with Gasteiger partial charge in [-0.25, -0.2) is 4.39 Å². The van der Waals surface area contributed by atoms with Crippen molar-refractivity contribution in [2.75, 3.05) is 0 Å². The molecule has 0 aliphatic heterocycles. The highest BCUT2D eigenvalue weighted by Crippen LogP contribution is 2.11. The van der Waals surface area contributed by atoms with Crippen molar-refractivity contribution in [2.45, 2.75) is 19.8 Å². The van der Waals surface area contributed by atoms with E-state index in [4.69, 9.17) is 0 Å². The van der Waals surface area contributed by atoms with Gasteiger partial charge in [0.15, 0.2) is 5.78 Å². The van der Waals surface area contributed by atoms with Gasteiger partial charge in [0.25, 0.3) is 0 Å². The minimum absolute atomic E-state index is 0.0286. The van der Waals surface area contributed by atoms with Crippen LogP contribution in [0.15, 0.2) is 42.6 Å². The van der Waals surface area contributed by atoms with Gasteiger partial charge < -0.3 is 0 Å². The molecule has 1 aromatic carbocycles. The quantitative estimate of drug-likeness (QED) is 0.772. The molecule has 2 rings (SSSR count). The van der Waals surface area contributed by atoms with Crippen LogP contribution in [0.4, 0.5) is 4.39 Å². The van der Waals surface area contributed by atoms with Crippen molar-refractivity contribution in [3.8, 4) is 0 Å². The highest BCUT2D eigenvalue weighted by molar-refractivity contribution is 5.97. The number of carbonyl (C=O) groups is 1. The van der Waals surface area contributed by atoms with E-state index < -0.39 is 0 Å². The van der Waals surface area contributed by atoms with E-state index >= 15 is 0 Å². The number of halogens is 1. The minimum atomic E-state index is -0.293. The molecule has 1 aromatic heterocycles. The standard InChI is InChI=1S/C15H14FNO/c1-2-12-4-3-9-17-15(12)14(18)10-11-5-7-13(16)8-6-11/h3-9H,2,10H2,1H3. The smallest absolute Gasteiger partial charge is 0.185 e. The number of rotatable bonds is 4. The van der Waals surface area contributed by atoms with Gasteiger partial charge in [0.2, 0.25) is 0 Å². The zero-order chi connectivity index (χ0) is 13.0. The molecule has 0 fully saturated rings. The first-order valence-electron chi connectivity index (χ1n) is 5.92. The maximum absolute atomic E-state index is 12.8. The molecule has 1 heterocycles. The molecular formula is C15H14FNO. The van der Waals surface area contributed by atoms with Crippen LogP contribution in [0.25, 0.3) is 0 Å². The van der Waals surface area contributed by atoms with Gasteiger partial charge in [-0.15, -0.1) is 0 Å². The van der Waals surface area contributed by atoms with E-state index in [2.05, 4.69) is 4.98 Å². The molecule has 2 nitrogen and oxygen atoms in total. The summed E-state index contributed by atoms with van der Waals surface area (Å²) >= 11 is 0. The number of carbonyl (C=O) groups excluding carboxylic acids is 1. The first-order chi connectivity index (χ1) is 8.70. The molecule has 92 valence electrons. The minimum Gasteiger partial charge on any atom is -0.292 e. The molecule has 0 bridgehead atoms. The van der Waals surface area contributed by atoms with Crippen LogP contribution in [0.3, 0.4) is 0 Å². The Morgan fingerprint density at radius 3 is 2.61 bits per heavy atom. The lowest BCUT2D eigenvalue weighted by Gasteiger charge is -2.05. The fourth-order valence-electron chi connectivity index (χ4n) is 1.85. The Hall–Kier alpha value is -2.03. The molecule has 0 unspecified atom stereocenters. The van der Waals surface area contributed by atoms with Crippen molar-refractivity contribution in [3.63, 3.8) is 0 Å². The van der Waals surface area contributed by atoms with Crippen LogP contribution in [0.1, 0.15) is 28.5 Å². The molecule has 0 saturated carbocycles. The SMILES string of the molecule is CCc1cccnc1C(=O)Cc1ccc(F)cc1. The molecule has 0 aliphatic carbocycles. The van der Waals surface area contributed by atoms with Gasteiger partial charge in [-0.05, 0) is 35.7 Å². The van der Waals surface area contributed by atoms with Gasteiger partial charge in [0.1, 0.15) is 11.5 Å². The van der Waals surface area contributed by atoms with Crippen LogP contribution in [-0.4, -0.2) is 10.8 Å². The summed E-state index contributed by atoms with van der Waals surface area (Å²) in [6.45, 7) is 1.99. The number of hydrogen-bond acceptors (Lipinski definition) is 2. The summed E-state index contributed by atoms with van der Waals surface area (Å²) in [6.07, 6.45) is 2.65. The summed E-state index contributed by atoms with van der Waals surface area (Å²) in [5.74, 6) is -0.322. The second kappa shape index (κ2) is 5.54. The van der Waals surface area contributed by atoms with Gasteiger partial charge in [-0.1, -0.05) is 25.1 Å². The fraction of sp³-hybridized carbons (Fsp3) is 0.200. The molecule has 18 heavy (non-hydrogen) atoms. The van der Waals surface area contributed by atoms with Gasteiger partial charge in [-0.2, -0.15) is 0 Å². The van der Waals surface area contributed by atoms with Crippen molar-refractivity contribution in [1.82, 2.24) is 4.98 Å². The molecule has 0 atom stereocenters. The van der Waals surface area contributed by atoms with Crippen molar-refractivity contribution < 1.29 is 9.18 Å². The molecular weight excluding hydrogens is 229 g/mol. The summed E-state index contributed by atoms with van der Waals surface area (Å²) in [5, 5.41) is 0. The van der Waals surface area contributed by atoms with E-state index in [0.717, 1.165) is 17.5 Å². The second-order valence-electron chi connectivity index (χ2n) is 4.09. The van der Waals surface area contributed by atoms with E-state index in [0.29, 0.717) is 5.69 Å². The lowest BCUT2D eigenvalue weighted by Crippen LogP contribution is -2.09. The zero-order valence-electron chi connectivity index (χ0n) is 10.2.